The van der Waals surface area contributed by atoms with Crippen LogP contribution in [0.2, 0.25) is 0 Å². The van der Waals surface area contributed by atoms with E-state index in [4.69, 9.17) is 9.73 Å². The van der Waals surface area contributed by atoms with Crippen LogP contribution in [-0.4, -0.2) is 56.7 Å². The fraction of sp³-hybridized carbons (Fsp3) is 0.667. The molecule has 1 aromatic carbocycles. The highest BCUT2D eigenvalue weighted by Crippen LogP contribution is 2.17. The zero-order valence-electron chi connectivity index (χ0n) is 17.8. The van der Waals surface area contributed by atoms with Gasteiger partial charge in [0.25, 0.3) is 0 Å². The molecular formula is C21H39IN4O. The van der Waals surface area contributed by atoms with Crippen molar-refractivity contribution in [2.24, 2.45) is 4.99 Å². The molecule has 0 aliphatic heterocycles. The molecule has 0 heterocycles. The first-order valence-corrected chi connectivity index (χ1v) is 10.0. The molecule has 0 saturated carbocycles. The molecule has 0 aliphatic carbocycles. The van der Waals surface area contributed by atoms with Crippen LogP contribution in [0.15, 0.2) is 29.3 Å². The van der Waals surface area contributed by atoms with Crippen molar-refractivity contribution in [3.63, 3.8) is 0 Å². The fourth-order valence-corrected chi connectivity index (χ4v) is 2.98. The summed E-state index contributed by atoms with van der Waals surface area (Å²) in [4.78, 5) is 7.20. The summed E-state index contributed by atoms with van der Waals surface area (Å²) in [5.41, 5.74) is 1.20. The number of nitrogens with zero attached hydrogens (tertiary/aromatic N) is 2. The fourth-order valence-electron chi connectivity index (χ4n) is 2.98. The van der Waals surface area contributed by atoms with Gasteiger partial charge in [0.2, 0.25) is 0 Å². The number of halogens is 1. The molecule has 0 spiro atoms. The van der Waals surface area contributed by atoms with Crippen LogP contribution in [0.1, 0.15) is 46.1 Å². The number of hydrogen-bond donors (Lipinski definition) is 2. The summed E-state index contributed by atoms with van der Waals surface area (Å²) >= 11 is 0. The van der Waals surface area contributed by atoms with E-state index in [1.807, 2.05) is 18.2 Å². The van der Waals surface area contributed by atoms with E-state index >= 15 is 0 Å². The van der Waals surface area contributed by atoms with E-state index in [1.165, 1.54) is 18.5 Å². The smallest absolute Gasteiger partial charge is 0.191 e. The van der Waals surface area contributed by atoms with Crippen LogP contribution in [-0.2, 0) is 6.42 Å². The Morgan fingerprint density at radius 1 is 1.19 bits per heavy atom. The zero-order chi connectivity index (χ0) is 19.2. The van der Waals surface area contributed by atoms with E-state index in [1.54, 1.807) is 7.11 Å². The highest BCUT2D eigenvalue weighted by Gasteiger charge is 2.07. The lowest BCUT2D eigenvalue weighted by molar-refractivity contribution is 0.292. The van der Waals surface area contributed by atoms with Crippen molar-refractivity contribution < 1.29 is 4.74 Å². The average Bonchev–Trinajstić information content (AvgIpc) is 2.65. The van der Waals surface area contributed by atoms with Crippen LogP contribution in [0.4, 0.5) is 0 Å². The molecule has 0 saturated heterocycles. The molecular weight excluding hydrogens is 451 g/mol. The van der Waals surface area contributed by atoms with Gasteiger partial charge in [-0.05, 0) is 64.4 Å². The van der Waals surface area contributed by atoms with Crippen molar-refractivity contribution >= 4 is 29.9 Å². The summed E-state index contributed by atoms with van der Waals surface area (Å²) in [6, 6.07) is 8.56. The number of para-hydroxylation sites is 1. The Morgan fingerprint density at radius 3 is 2.52 bits per heavy atom. The predicted octanol–water partition coefficient (Wildman–Crippen LogP) is 3.92. The highest BCUT2D eigenvalue weighted by molar-refractivity contribution is 14.0. The number of methoxy groups -OCH3 is 1. The Morgan fingerprint density at radius 2 is 1.89 bits per heavy atom. The van der Waals surface area contributed by atoms with Gasteiger partial charge in [-0.1, -0.05) is 32.0 Å². The Bertz CT molecular complexity index is 521. The maximum Gasteiger partial charge on any atom is 0.191 e. The first-order valence-electron chi connectivity index (χ1n) is 10.0. The number of hydrogen-bond acceptors (Lipinski definition) is 3. The number of benzene rings is 1. The van der Waals surface area contributed by atoms with Gasteiger partial charge in [-0.3, -0.25) is 4.99 Å². The average molecular weight is 490 g/mol. The molecule has 0 radical (unpaired) electrons. The molecule has 0 aliphatic rings. The van der Waals surface area contributed by atoms with Gasteiger partial charge in [-0.25, -0.2) is 0 Å². The van der Waals surface area contributed by atoms with Crippen LogP contribution in [0.5, 0.6) is 5.75 Å². The zero-order valence-corrected chi connectivity index (χ0v) is 20.1. The second-order valence-corrected chi connectivity index (χ2v) is 6.54. The van der Waals surface area contributed by atoms with Gasteiger partial charge in [-0.15, -0.1) is 24.0 Å². The standard InChI is InChI=1S/C21H38N4O.HI/c1-6-22-21(24-18(4)12-11-17-25(7-2)8-3)23-16-15-19-13-9-10-14-20(19)26-5;/h9-10,13-14,18H,6-8,11-12,15-17H2,1-5H3,(H2,22,23,24);1H. The van der Waals surface area contributed by atoms with Crippen molar-refractivity contribution in [3.05, 3.63) is 29.8 Å². The van der Waals surface area contributed by atoms with Crippen LogP contribution < -0.4 is 15.4 Å². The second-order valence-electron chi connectivity index (χ2n) is 6.54. The molecule has 27 heavy (non-hydrogen) atoms. The Hall–Kier alpha value is -1.02. The summed E-state index contributed by atoms with van der Waals surface area (Å²) < 4.78 is 5.41. The van der Waals surface area contributed by atoms with Gasteiger partial charge in [0.1, 0.15) is 5.75 Å². The van der Waals surface area contributed by atoms with E-state index in [9.17, 15) is 0 Å². The molecule has 0 bridgehead atoms. The second kappa shape index (κ2) is 16.0. The number of aliphatic imine (C=N–C) groups is 1. The summed E-state index contributed by atoms with van der Waals surface area (Å²) in [5, 5.41) is 6.88. The first-order chi connectivity index (χ1) is 12.6. The van der Waals surface area contributed by atoms with Crippen LogP contribution >= 0.6 is 24.0 Å². The lowest BCUT2D eigenvalue weighted by Crippen LogP contribution is -2.42. The van der Waals surface area contributed by atoms with Gasteiger partial charge < -0.3 is 20.3 Å². The minimum atomic E-state index is 0. The molecule has 1 unspecified atom stereocenters. The molecule has 5 nitrogen and oxygen atoms in total. The third-order valence-corrected chi connectivity index (χ3v) is 4.58. The minimum absolute atomic E-state index is 0. The highest BCUT2D eigenvalue weighted by atomic mass is 127. The molecule has 0 fully saturated rings. The third kappa shape index (κ3) is 10.8. The van der Waals surface area contributed by atoms with Crippen molar-refractivity contribution in [3.8, 4) is 5.75 Å². The molecule has 156 valence electrons. The van der Waals surface area contributed by atoms with E-state index in [0.29, 0.717) is 6.04 Å². The Kier molecular flexibility index (Phi) is 15.4. The SMILES string of the molecule is CCNC(=NCCc1ccccc1OC)NC(C)CCCN(CC)CC.I. The van der Waals surface area contributed by atoms with Gasteiger partial charge in [0.15, 0.2) is 5.96 Å². The van der Waals surface area contributed by atoms with E-state index in [2.05, 4.69) is 49.3 Å². The minimum Gasteiger partial charge on any atom is -0.496 e. The maximum atomic E-state index is 5.41. The van der Waals surface area contributed by atoms with Gasteiger partial charge in [-0.2, -0.15) is 0 Å². The largest absolute Gasteiger partial charge is 0.496 e. The molecule has 0 aromatic heterocycles. The lowest BCUT2D eigenvalue weighted by atomic mass is 10.1. The maximum absolute atomic E-state index is 5.41. The van der Waals surface area contributed by atoms with E-state index in [0.717, 1.165) is 50.7 Å². The molecule has 0 amide bonds. The number of nitrogens with one attached hydrogen (secondary N) is 2. The Labute approximate surface area is 183 Å². The van der Waals surface area contributed by atoms with E-state index < -0.39 is 0 Å². The molecule has 1 rings (SSSR count). The molecule has 1 aromatic rings. The van der Waals surface area contributed by atoms with Crippen LogP contribution in [0, 0.1) is 0 Å². The number of guanidine groups is 1. The molecule has 2 N–H and O–H groups in total. The quantitative estimate of drug-likeness (QED) is 0.265. The van der Waals surface area contributed by atoms with Gasteiger partial charge >= 0.3 is 0 Å². The number of ether oxygens (including phenoxy) is 1. The summed E-state index contributed by atoms with van der Waals surface area (Å²) in [7, 11) is 1.72. The topological polar surface area (TPSA) is 48.9 Å². The summed E-state index contributed by atoms with van der Waals surface area (Å²) in [6.07, 6.45) is 3.22. The van der Waals surface area contributed by atoms with Crippen molar-refractivity contribution in [1.29, 1.82) is 0 Å². The van der Waals surface area contributed by atoms with Gasteiger partial charge in [0, 0.05) is 19.1 Å². The van der Waals surface area contributed by atoms with Crippen LogP contribution in [0.25, 0.3) is 0 Å². The van der Waals surface area contributed by atoms with E-state index in [-0.39, 0.29) is 24.0 Å². The predicted molar refractivity (Wildman–Crippen MR) is 128 cm³/mol. The summed E-state index contributed by atoms with van der Waals surface area (Å²) in [6.45, 7) is 13.8. The molecule has 1 atom stereocenters. The number of rotatable bonds is 12. The molecule has 6 heteroatoms. The van der Waals surface area contributed by atoms with Crippen molar-refractivity contribution in [1.82, 2.24) is 15.5 Å². The Balaban J connectivity index is 0.00000676. The first kappa shape index (κ1) is 26.0. The van der Waals surface area contributed by atoms with Crippen molar-refractivity contribution in [2.75, 3.05) is 39.8 Å². The normalized spacial score (nSPS) is 12.4. The lowest BCUT2D eigenvalue weighted by Gasteiger charge is -2.21. The summed E-state index contributed by atoms with van der Waals surface area (Å²) in [5.74, 6) is 1.84. The monoisotopic (exact) mass is 490 g/mol. The van der Waals surface area contributed by atoms with Crippen molar-refractivity contribution in [2.45, 2.75) is 53.0 Å². The third-order valence-electron chi connectivity index (χ3n) is 4.58. The van der Waals surface area contributed by atoms with Crippen LogP contribution in [0.3, 0.4) is 0 Å². The van der Waals surface area contributed by atoms with Gasteiger partial charge in [0.05, 0.1) is 7.11 Å².